The second kappa shape index (κ2) is 7.06. The Kier molecular flexibility index (Phi) is 5.34. The molecule has 2 aromatic rings. The molecule has 1 aromatic carbocycles. The van der Waals surface area contributed by atoms with Crippen molar-refractivity contribution >= 4 is 0 Å². The van der Waals surface area contributed by atoms with Gasteiger partial charge in [0.25, 0.3) is 0 Å². The van der Waals surface area contributed by atoms with E-state index in [0.717, 1.165) is 22.8 Å². The Morgan fingerprint density at radius 1 is 1.22 bits per heavy atom. The lowest BCUT2D eigenvalue weighted by Gasteiger charge is -2.25. The summed E-state index contributed by atoms with van der Waals surface area (Å²) in [6.07, 6.45) is 0. The Morgan fingerprint density at radius 2 is 1.96 bits per heavy atom. The molecule has 0 bridgehead atoms. The van der Waals surface area contributed by atoms with Gasteiger partial charge in [-0.05, 0) is 51.1 Å². The summed E-state index contributed by atoms with van der Waals surface area (Å²) in [5.74, 6) is 2.87. The van der Waals surface area contributed by atoms with Crippen LogP contribution in [0.15, 0.2) is 34.7 Å². The largest absolute Gasteiger partial charge is 0.497 e. The summed E-state index contributed by atoms with van der Waals surface area (Å²) in [5.41, 5.74) is -0.118. The quantitative estimate of drug-likeness (QED) is 0.821. The predicted molar refractivity (Wildman–Crippen MR) is 89.0 cm³/mol. The molecule has 0 aliphatic carbocycles. The van der Waals surface area contributed by atoms with Crippen LogP contribution in [-0.2, 0) is 5.60 Å². The van der Waals surface area contributed by atoms with Gasteiger partial charge in [-0.2, -0.15) is 0 Å². The van der Waals surface area contributed by atoms with Gasteiger partial charge in [0, 0.05) is 18.2 Å². The maximum Gasteiger partial charge on any atom is 0.136 e. The molecular weight excluding hydrogens is 294 g/mol. The van der Waals surface area contributed by atoms with E-state index in [1.807, 2.05) is 38.1 Å². The van der Waals surface area contributed by atoms with Crippen LogP contribution in [0.25, 0.3) is 0 Å². The standard InChI is InChI=1S/C18H25NO4/c1-12-6-9-17(23-12)18(3,20)11-19-13(2)15-10-14(21-4)7-8-16(15)22-5/h6-10,13,19-20H,11H2,1-5H3. The molecule has 0 spiro atoms. The van der Waals surface area contributed by atoms with E-state index in [4.69, 9.17) is 13.9 Å². The Labute approximate surface area is 137 Å². The Morgan fingerprint density at radius 3 is 2.52 bits per heavy atom. The number of rotatable bonds is 7. The third-order valence-electron chi connectivity index (χ3n) is 3.93. The monoisotopic (exact) mass is 319 g/mol. The summed E-state index contributed by atoms with van der Waals surface area (Å²) in [4.78, 5) is 0. The molecule has 0 saturated carbocycles. The highest BCUT2D eigenvalue weighted by atomic mass is 16.5. The number of benzene rings is 1. The fraction of sp³-hybridized carbons (Fsp3) is 0.444. The van der Waals surface area contributed by atoms with E-state index in [-0.39, 0.29) is 6.04 Å². The first-order chi connectivity index (χ1) is 10.9. The van der Waals surface area contributed by atoms with Crippen LogP contribution in [0, 0.1) is 6.92 Å². The molecule has 0 amide bonds. The van der Waals surface area contributed by atoms with Crippen molar-refractivity contribution in [2.75, 3.05) is 20.8 Å². The third-order valence-corrected chi connectivity index (χ3v) is 3.93. The van der Waals surface area contributed by atoms with Gasteiger partial charge in [-0.25, -0.2) is 0 Å². The fourth-order valence-corrected chi connectivity index (χ4v) is 2.45. The van der Waals surface area contributed by atoms with E-state index >= 15 is 0 Å². The number of aryl methyl sites for hydroxylation is 1. The van der Waals surface area contributed by atoms with Gasteiger partial charge in [0.2, 0.25) is 0 Å². The molecule has 2 unspecified atom stereocenters. The van der Waals surface area contributed by atoms with Crippen molar-refractivity contribution in [2.24, 2.45) is 0 Å². The van der Waals surface area contributed by atoms with E-state index < -0.39 is 5.60 Å². The molecule has 23 heavy (non-hydrogen) atoms. The minimum absolute atomic E-state index is 0.0254. The van der Waals surface area contributed by atoms with E-state index in [2.05, 4.69) is 5.32 Å². The predicted octanol–water partition coefficient (Wildman–Crippen LogP) is 3.16. The molecule has 1 heterocycles. The Hall–Kier alpha value is -1.98. The van der Waals surface area contributed by atoms with Crippen LogP contribution in [-0.4, -0.2) is 25.9 Å². The maximum atomic E-state index is 10.6. The zero-order chi connectivity index (χ0) is 17.0. The minimum Gasteiger partial charge on any atom is -0.497 e. The zero-order valence-electron chi connectivity index (χ0n) is 14.3. The Balaban J connectivity index is 2.11. The van der Waals surface area contributed by atoms with Gasteiger partial charge < -0.3 is 24.3 Å². The molecular formula is C18H25NO4. The van der Waals surface area contributed by atoms with Crippen LogP contribution in [0.5, 0.6) is 11.5 Å². The van der Waals surface area contributed by atoms with Crippen LogP contribution in [0.4, 0.5) is 0 Å². The average molecular weight is 319 g/mol. The number of ether oxygens (including phenoxy) is 2. The lowest BCUT2D eigenvalue weighted by atomic mass is 10.0. The first kappa shape index (κ1) is 17.4. The van der Waals surface area contributed by atoms with E-state index in [1.165, 1.54) is 0 Å². The first-order valence-corrected chi connectivity index (χ1v) is 7.62. The second-order valence-electron chi connectivity index (χ2n) is 5.89. The molecule has 2 rings (SSSR count). The summed E-state index contributed by atoms with van der Waals surface area (Å²) < 4.78 is 16.2. The SMILES string of the molecule is COc1ccc(OC)c(C(C)NCC(C)(O)c2ccc(C)o2)c1. The Bertz CT molecular complexity index is 648. The van der Waals surface area contributed by atoms with Crippen molar-refractivity contribution in [3.8, 4) is 11.5 Å². The smallest absolute Gasteiger partial charge is 0.136 e. The van der Waals surface area contributed by atoms with Gasteiger partial charge in [-0.1, -0.05) is 0 Å². The summed E-state index contributed by atoms with van der Waals surface area (Å²) in [7, 11) is 3.27. The molecule has 0 aliphatic heterocycles. The summed E-state index contributed by atoms with van der Waals surface area (Å²) in [5, 5.41) is 13.9. The number of furan rings is 1. The van der Waals surface area contributed by atoms with E-state index in [9.17, 15) is 5.11 Å². The van der Waals surface area contributed by atoms with E-state index in [1.54, 1.807) is 27.2 Å². The molecule has 2 atom stereocenters. The molecule has 1 aromatic heterocycles. The van der Waals surface area contributed by atoms with Gasteiger partial charge in [0.15, 0.2) is 0 Å². The zero-order valence-corrected chi connectivity index (χ0v) is 14.3. The van der Waals surface area contributed by atoms with Gasteiger partial charge in [0.1, 0.15) is 28.6 Å². The van der Waals surface area contributed by atoms with E-state index in [0.29, 0.717) is 12.3 Å². The molecule has 0 fully saturated rings. The number of nitrogens with one attached hydrogen (secondary N) is 1. The summed E-state index contributed by atoms with van der Waals surface area (Å²) in [6.45, 7) is 5.95. The lowest BCUT2D eigenvalue weighted by Crippen LogP contribution is -2.36. The highest BCUT2D eigenvalue weighted by Gasteiger charge is 2.27. The molecule has 0 saturated heterocycles. The number of hydrogen-bond acceptors (Lipinski definition) is 5. The van der Waals surface area contributed by atoms with Gasteiger partial charge in [-0.3, -0.25) is 0 Å². The van der Waals surface area contributed by atoms with Gasteiger partial charge in [-0.15, -0.1) is 0 Å². The normalized spacial score (nSPS) is 15.0. The van der Waals surface area contributed by atoms with Crippen LogP contribution in [0.1, 0.15) is 37.0 Å². The minimum atomic E-state index is -1.09. The molecule has 5 nitrogen and oxygen atoms in total. The highest BCUT2D eigenvalue weighted by molar-refractivity contribution is 5.42. The topological polar surface area (TPSA) is 63.9 Å². The van der Waals surface area contributed by atoms with Crippen molar-refractivity contribution in [2.45, 2.75) is 32.4 Å². The first-order valence-electron chi connectivity index (χ1n) is 7.62. The van der Waals surface area contributed by atoms with Gasteiger partial charge in [0.05, 0.1) is 14.2 Å². The van der Waals surface area contributed by atoms with Crippen molar-refractivity contribution in [1.82, 2.24) is 5.32 Å². The van der Waals surface area contributed by atoms with Crippen LogP contribution >= 0.6 is 0 Å². The lowest BCUT2D eigenvalue weighted by molar-refractivity contribution is 0.0312. The van der Waals surface area contributed by atoms with Crippen LogP contribution < -0.4 is 14.8 Å². The molecule has 2 N–H and O–H groups in total. The second-order valence-corrected chi connectivity index (χ2v) is 5.89. The number of aliphatic hydroxyl groups is 1. The number of hydrogen-bond donors (Lipinski definition) is 2. The van der Waals surface area contributed by atoms with Crippen molar-refractivity contribution in [1.29, 1.82) is 0 Å². The molecule has 126 valence electrons. The van der Waals surface area contributed by atoms with Crippen molar-refractivity contribution in [3.63, 3.8) is 0 Å². The number of methoxy groups -OCH3 is 2. The molecule has 5 heteroatoms. The summed E-state index contributed by atoms with van der Waals surface area (Å²) in [6, 6.07) is 9.29. The third kappa shape index (κ3) is 4.06. The van der Waals surface area contributed by atoms with Crippen LogP contribution in [0.3, 0.4) is 0 Å². The van der Waals surface area contributed by atoms with Crippen molar-refractivity contribution < 1.29 is 19.0 Å². The van der Waals surface area contributed by atoms with Crippen LogP contribution in [0.2, 0.25) is 0 Å². The maximum absolute atomic E-state index is 10.6. The fourth-order valence-electron chi connectivity index (χ4n) is 2.45. The molecule has 0 aliphatic rings. The molecule has 0 radical (unpaired) electrons. The average Bonchev–Trinajstić information content (AvgIpc) is 2.99. The summed E-state index contributed by atoms with van der Waals surface area (Å²) >= 11 is 0. The highest BCUT2D eigenvalue weighted by Crippen LogP contribution is 2.30. The van der Waals surface area contributed by atoms with Crippen molar-refractivity contribution in [3.05, 3.63) is 47.4 Å². The van der Waals surface area contributed by atoms with Gasteiger partial charge >= 0.3 is 0 Å².